The van der Waals surface area contributed by atoms with E-state index in [1.54, 1.807) is 30.3 Å². The van der Waals surface area contributed by atoms with Crippen molar-refractivity contribution in [1.82, 2.24) is 5.43 Å². The first kappa shape index (κ1) is 25.4. The van der Waals surface area contributed by atoms with Gasteiger partial charge in [0.25, 0.3) is 5.91 Å². The molecule has 0 atom stereocenters. The fourth-order valence-corrected chi connectivity index (χ4v) is 3.81. The van der Waals surface area contributed by atoms with Crippen molar-refractivity contribution in [2.75, 3.05) is 19.0 Å². The lowest BCUT2D eigenvalue weighted by Gasteiger charge is -2.14. The highest BCUT2D eigenvalue weighted by atomic mass is 127. The first-order chi connectivity index (χ1) is 15.9. The van der Waals surface area contributed by atoms with Gasteiger partial charge in [0.2, 0.25) is 0 Å². The largest absolute Gasteiger partial charge is 0.493 e. The summed E-state index contributed by atoms with van der Waals surface area (Å²) in [6.07, 6.45) is 1.47. The van der Waals surface area contributed by atoms with Crippen LogP contribution in [0.25, 0.3) is 0 Å². The average Bonchev–Trinajstić information content (AvgIpc) is 2.78. The summed E-state index contributed by atoms with van der Waals surface area (Å²) < 4.78 is 12.4. The Labute approximate surface area is 220 Å². The maximum absolute atomic E-state index is 12.0. The Morgan fingerprint density at radius 3 is 2.52 bits per heavy atom. The second-order valence-corrected chi connectivity index (χ2v) is 9.21. The van der Waals surface area contributed by atoms with Crippen LogP contribution < -0.4 is 20.2 Å². The van der Waals surface area contributed by atoms with Crippen LogP contribution in [0.1, 0.15) is 11.1 Å². The molecule has 3 rings (SSSR count). The SMILES string of the molecule is COc1cc(/C=N\NC(=O)CNc2ccc(I)cc2)cc(Cl)c1OCc1ccc(Cl)cc1Cl. The second kappa shape index (κ2) is 12.3. The van der Waals surface area contributed by atoms with Gasteiger partial charge in [-0.3, -0.25) is 4.79 Å². The minimum Gasteiger partial charge on any atom is -0.493 e. The lowest BCUT2D eigenvalue weighted by molar-refractivity contribution is -0.119. The van der Waals surface area contributed by atoms with Crippen LogP contribution in [0.3, 0.4) is 0 Å². The zero-order valence-electron chi connectivity index (χ0n) is 17.4. The number of nitrogens with one attached hydrogen (secondary N) is 2. The number of hydrogen-bond donors (Lipinski definition) is 2. The number of benzene rings is 3. The summed E-state index contributed by atoms with van der Waals surface area (Å²) in [6.45, 7) is 0.269. The molecular formula is C23H19Cl3IN3O3. The zero-order chi connectivity index (χ0) is 23.8. The predicted octanol–water partition coefficient (Wildman–Crippen LogP) is 6.40. The van der Waals surface area contributed by atoms with Gasteiger partial charge in [-0.1, -0.05) is 40.9 Å². The van der Waals surface area contributed by atoms with Crippen LogP contribution in [0.5, 0.6) is 11.5 Å². The van der Waals surface area contributed by atoms with Crippen LogP contribution in [-0.2, 0) is 11.4 Å². The average molecular weight is 619 g/mol. The van der Waals surface area contributed by atoms with Gasteiger partial charge in [0.05, 0.1) is 24.9 Å². The van der Waals surface area contributed by atoms with Crippen LogP contribution in [0.4, 0.5) is 5.69 Å². The number of nitrogens with zero attached hydrogens (tertiary/aromatic N) is 1. The Hall–Kier alpha value is -2.20. The first-order valence-electron chi connectivity index (χ1n) is 9.61. The van der Waals surface area contributed by atoms with Crippen LogP contribution >= 0.6 is 57.4 Å². The van der Waals surface area contributed by atoms with Crippen LogP contribution in [0, 0.1) is 3.57 Å². The lowest BCUT2D eigenvalue weighted by Crippen LogP contribution is -2.25. The summed E-state index contributed by atoms with van der Waals surface area (Å²) >= 11 is 20.7. The predicted molar refractivity (Wildman–Crippen MR) is 142 cm³/mol. The highest BCUT2D eigenvalue weighted by molar-refractivity contribution is 14.1. The maximum atomic E-state index is 12.0. The first-order valence-corrected chi connectivity index (χ1v) is 11.8. The number of amides is 1. The van der Waals surface area contributed by atoms with Crippen molar-refractivity contribution in [2.45, 2.75) is 6.61 Å². The Bertz CT molecular complexity index is 1160. The van der Waals surface area contributed by atoms with Gasteiger partial charge in [0, 0.05) is 24.9 Å². The number of rotatable bonds is 9. The number of hydrazone groups is 1. The van der Waals surface area contributed by atoms with Crippen molar-refractivity contribution < 1.29 is 14.3 Å². The molecule has 1 amide bonds. The molecule has 0 heterocycles. The monoisotopic (exact) mass is 617 g/mol. The van der Waals surface area contributed by atoms with E-state index in [0.29, 0.717) is 32.1 Å². The van der Waals surface area contributed by atoms with Gasteiger partial charge in [-0.05, 0) is 76.7 Å². The minimum absolute atomic E-state index is 0.0854. The Morgan fingerprint density at radius 2 is 1.82 bits per heavy atom. The molecule has 0 bridgehead atoms. The minimum atomic E-state index is -0.289. The number of hydrogen-bond acceptors (Lipinski definition) is 5. The van der Waals surface area contributed by atoms with E-state index in [0.717, 1.165) is 14.8 Å². The van der Waals surface area contributed by atoms with Gasteiger partial charge in [0.1, 0.15) is 6.61 Å². The summed E-state index contributed by atoms with van der Waals surface area (Å²) in [5.41, 5.74) is 4.70. The van der Waals surface area contributed by atoms with Gasteiger partial charge in [-0.2, -0.15) is 5.10 Å². The molecule has 6 nitrogen and oxygen atoms in total. The van der Waals surface area contributed by atoms with Crippen LogP contribution in [-0.4, -0.2) is 25.8 Å². The summed E-state index contributed by atoms with van der Waals surface area (Å²) in [7, 11) is 1.51. The van der Waals surface area contributed by atoms with Crippen molar-refractivity contribution in [3.05, 3.63) is 84.4 Å². The molecule has 3 aromatic rings. The van der Waals surface area contributed by atoms with Gasteiger partial charge < -0.3 is 14.8 Å². The smallest absolute Gasteiger partial charge is 0.259 e. The van der Waals surface area contributed by atoms with E-state index in [1.165, 1.54) is 13.3 Å². The molecule has 0 aliphatic carbocycles. The molecule has 0 aromatic heterocycles. The molecule has 0 saturated heterocycles. The fraction of sp³-hybridized carbons (Fsp3) is 0.130. The van der Waals surface area contributed by atoms with Gasteiger partial charge >= 0.3 is 0 Å². The lowest BCUT2D eigenvalue weighted by atomic mass is 10.2. The molecule has 3 aromatic carbocycles. The Kier molecular flexibility index (Phi) is 9.49. The van der Waals surface area contributed by atoms with E-state index in [9.17, 15) is 4.79 Å². The quantitative estimate of drug-likeness (QED) is 0.165. The van der Waals surface area contributed by atoms with E-state index in [1.807, 2.05) is 24.3 Å². The summed E-state index contributed by atoms with van der Waals surface area (Å²) in [6, 6.07) is 16.2. The molecular weight excluding hydrogens is 600 g/mol. The number of carbonyl (C=O) groups is 1. The van der Waals surface area contributed by atoms with Crippen LogP contribution in [0.2, 0.25) is 15.1 Å². The number of anilines is 1. The van der Waals surface area contributed by atoms with Crippen LogP contribution in [0.15, 0.2) is 59.7 Å². The third-order valence-electron chi connectivity index (χ3n) is 4.34. The third-order valence-corrected chi connectivity index (χ3v) is 5.93. The fourth-order valence-electron chi connectivity index (χ4n) is 2.71. The van der Waals surface area contributed by atoms with Crippen molar-refractivity contribution in [3.8, 4) is 11.5 Å². The van der Waals surface area contributed by atoms with Crippen molar-refractivity contribution in [1.29, 1.82) is 0 Å². The van der Waals surface area contributed by atoms with Crippen molar-refractivity contribution in [2.24, 2.45) is 5.10 Å². The summed E-state index contributed by atoms with van der Waals surface area (Å²) in [5.74, 6) is 0.497. The molecule has 0 aliphatic heterocycles. The molecule has 33 heavy (non-hydrogen) atoms. The van der Waals surface area contributed by atoms with Gasteiger partial charge in [0.15, 0.2) is 11.5 Å². The van der Waals surface area contributed by atoms with Crippen molar-refractivity contribution >= 4 is 75.2 Å². The summed E-state index contributed by atoms with van der Waals surface area (Å²) in [4.78, 5) is 12.0. The normalized spacial score (nSPS) is 10.8. The molecule has 0 fully saturated rings. The van der Waals surface area contributed by atoms with Crippen molar-refractivity contribution in [3.63, 3.8) is 0 Å². The van der Waals surface area contributed by atoms with E-state index in [4.69, 9.17) is 44.3 Å². The van der Waals surface area contributed by atoms with E-state index >= 15 is 0 Å². The molecule has 0 radical (unpaired) electrons. The van der Waals surface area contributed by atoms with E-state index in [2.05, 4.69) is 38.4 Å². The number of methoxy groups -OCH3 is 1. The topological polar surface area (TPSA) is 72.0 Å². The Morgan fingerprint density at radius 1 is 1.06 bits per heavy atom. The van der Waals surface area contributed by atoms with Gasteiger partial charge in [-0.25, -0.2) is 5.43 Å². The molecule has 10 heteroatoms. The van der Waals surface area contributed by atoms with E-state index in [-0.39, 0.29) is 19.1 Å². The number of ether oxygens (including phenoxy) is 2. The maximum Gasteiger partial charge on any atom is 0.259 e. The zero-order valence-corrected chi connectivity index (χ0v) is 21.8. The standard InChI is InChI=1S/C23H19Cl3IN3O3/c1-32-21-9-14(11-29-30-22(31)12-28-18-6-4-17(27)5-7-18)8-20(26)23(21)33-13-15-2-3-16(24)10-19(15)25/h2-11,28H,12-13H2,1H3,(H,30,31)/b29-11-. The number of carbonyl (C=O) groups excluding carboxylic acids is 1. The molecule has 0 saturated carbocycles. The highest BCUT2D eigenvalue weighted by Gasteiger charge is 2.13. The summed E-state index contributed by atoms with van der Waals surface area (Å²) in [5, 5.41) is 8.37. The Balaban J connectivity index is 1.59. The highest BCUT2D eigenvalue weighted by Crippen LogP contribution is 2.37. The third kappa shape index (κ3) is 7.67. The molecule has 2 N–H and O–H groups in total. The van der Waals surface area contributed by atoms with Gasteiger partial charge in [-0.15, -0.1) is 0 Å². The molecule has 0 spiro atoms. The number of halogens is 4. The second-order valence-electron chi connectivity index (χ2n) is 6.71. The molecule has 0 aliphatic rings. The molecule has 0 unspecified atom stereocenters. The molecule has 172 valence electrons. The van der Waals surface area contributed by atoms with E-state index < -0.39 is 0 Å².